The van der Waals surface area contributed by atoms with Crippen LogP contribution in [0.4, 0.5) is 4.39 Å². The summed E-state index contributed by atoms with van der Waals surface area (Å²) in [6.45, 7) is 4.57. The van der Waals surface area contributed by atoms with Crippen molar-refractivity contribution in [2.75, 3.05) is 46.5 Å². The van der Waals surface area contributed by atoms with Crippen LogP contribution in [0.3, 0.4) is 0 Å². The van der Waals surface area contributed by atoms with E-state index in [1.54, 1.807) is 30.6 Å². The summed E-state index contributed by atoms with van der Waals surface area (Å²) in [5, 5.41) is 12.1. The third kappa shape index (κ3) is 6.49. The quantitative estimate of drug-likeness (QED) is 0.570. The number of fused-ring (bicyclic) bond motifs is 1. The normalized spacial score (nSPS) is 16.9. The van der Waals surface area contributed by atoms with Crippen molar-refractivity contribution < 1.29 is 23.8 Å². The lowest BCUT2D eigenvalue weighted by molar-refractivity contribution is -0.136. The number of carbonyl (C=O) groups is 1. The Labute approximate surface area is 187 Å². The summed E-state index contributed by atoms with van der Waals surface area (Å²) in [4.78, 5) is 18.4. The van der Waals surface area contributed by atoms with Crippen molar-refractivity contribution in [1.82, 2.24) is 9.80 Å². The molecule has 8 heteroatoms. The van der Waals surface area contributed by atoms with Crippen molar-refractivity contribution in [2.24, 2.45) is 0 Å². The average molecular weight is 451 g/mol. The lowest BCUT2D eigenvalue weighted by Gasteiger charge is -2.37. The number of aliphatic hydroxyl groups is 1. The van der Waals surface area contributed by atoms with Gasteiger partial charge in [-0.1, -0.05) is 6.92 Å². The first kappa shape index (κ1) is 23.7. The van der Waals surface area contributed by atoms with E-state index in [-0.39, 0.29) is 24.3 Å². The van der Waals surface area contributed by atoms with Crippen LogP contribution < -0.4 is 4.74 Å². The van der Waals surface area contributed by atoms with Gasteiger partial charge in [-0.3, -0.25) is 9.69 Å². The summed E-state index contributed by atoms with van der Waals surface area (Å²) in [7, 11) is 1.63. The van der Waals surface area contributed by atoms with Gasteiger partial charge in [0.15, 0.2) is 0 Å². The van der Waals surface area contributed by atoms with Gasteiger partial charge in [-0.25, -0.2) is 4.39 Å². The van der Waals surface area contributed by atoms with Gasteiger partial charge in [0, 0.05) is 31.6 Å². The van der Waals surface area contributed by atoms with E-state index in [1.807, 2.05) is 22.1 Å². The number of benzene rings is 1. The Hall–Kier alpha value is -2.00. The van der Waals surface area contributed by atoms with Crippen LogP contribution in [0.5, 0.6) is 5.75 Å². The number of carbonyl (C=O) groups excluding carboxylic acids is 1. The highest BCUT2D eigenvalue weighted by molar-refractivity contribution is 7.10. The number of ether oxygens (including phenoxy) is 2. The Morgan fingerprint density at radius 3 is 2.84 bits per heavy atom. The highest BCUT2D eigenvalue weighted by Crippen LogP contribution is 2.34. The first-order valence-corrected chi connectivity index (χ1v) is 11.5. The zero-order valence-electron chi connectivity index (χ0n) is 18.1. The van der Waals surface area contributed by atoms with Gasteiger partial charge in [0.05, 0.1) is 25.3 Å². The van der Waals surface area contributed by atoms with Crippen LogP contribution in [0, 0.1) is 5.82 Å². The van der Waals surface area contributed by atoms with E-state index in [0.29, 0.717) is 45.0 Å². The number of thiophene rings is 1. The topological polar surface area (TPSA) is 62.2 Å². The van der Waals surface area contributed by atoms with Crippen LogP contribution in [0.1, 0.15) is 29.8 Å². The maximum Gasteiger partial charge on any atom is 0.237 e. The van der Waals surface area contributed by atoms with Crippen LogP contribution in [-0.4, -0.2) is 73.4 Å². The Kier molecular flexibility index (Phi) is 8.83. The molecular weight excluding hydrogens is 419 g/mol. The van der Waals surface area contributed by atoms with Gasteiger partial charge in [0.25, 0.3) is 0 Å². The largest absolute Gasteiger partial charge is 0.491 e. The van der Waals surface area contributed by atoms with Crippen LogP contribution in [0.25, 0.3) is 0 Å². The van der Waals surface area contributed by atoms with Gasteiger partial charge in [-0.05, 0) is 54.1 Å². The fraction of sp³-hybridized carbons (Fsp3) is 0.522. The number of amides is 1. The molecule has 1 aromatic heterocycles. The molecule has 6 nitrogen and oxygen atoms in total. The molecular formula is C23H31FN2O4S. The number of halogens is 1. The molecule has 1 aromatic carbocycles. The Morgan fingerprint density at radius 1 is 1.35 bits per heavy atom. The zero-order chi connectivity index (χ0) is 22.2. The van der Waals surface area contributed by atoms with Crippen molar-refractivity contribution in [3.63, 3.8) is 0 Å². The lowest BCUT2D eigenvalue weighted by Crippen LogP contribution is -2.48. The maximum absolute atomic E-state index is 13.3. The number of rotatable bonds is 11. The molecule has 0 fully saturated rings. The Bertz CT molecular complexity index is 829. The van der Waals surface area contributed by atoms with Gasteiger partial charge in [0.2, 0.25) is 5.91 Å². The molecule has 0 bridgehead atoms. The Balaban J connectivity index is 1.71. The molecule has 2 heterocycles. The predicted molar refractivity (Wildman–Crippen MR) is 119 cm³/mol. The second kappa shape index (κ2) is 11.6. The van der Waals surface area contributed by atoms with E-state index in [9.17, 15) is 14.3 Å². The van der Waals surface area contributed by atoms with Gasteiger partial charge in [-0.15, -0.1) is 11.3 Å². The molecule has 170 valence electrons. The summed E-state index contributed by atoms with van der Waals surface area (Å²) in [6, 6.07) is 7.77. The van der Waals surface area contributed by atoms with E-state index in [2.05, 4.69) is 6.07 Å². The monoisotopic (exact) mass is 450 g/mol. The van der Waals surface area contributed by atoms with Gasteiger partial charge >= 0.3 is 0 Å². The van der Waals surface area contributed by atoms with Crippen molar-refractivity contribution >= 4 is 17.2 Å². The van der Waals surface area contributed by atoms with Crippen molar-refractivity contribution in [3.05, 3.63) is 52.0 Å². The smallest absolute Gasteiger partial charge is 0.237 e. The van der Waals surface area contributed by atoms with Crippen LogP contribution in [0.15, 0.2) is 35.7 Å². The molecule has 2 atom stereocenters. The van der Waals surface area contributed by atoms with Crippen LogP contribution in [-0.2, 0) is 16.0 Å². The standard InChI is InChI=1S/C23H31FN2O4S/c1-3-18(27)14-25(11-12-29-2)15-23(28)26-10-8-22-20(9-13-31-22)21(26)16-30-19-6-4-17(24)5-7-19/h4-7,9,13,18,21,27H,3,8,10-12,14-16H2,1-2H3. The number of nitrogens with zero attached hydrogens (tertiary/aromatic N) is 2. The van der Waals surface area contributed by atoms with Crippen molar-refractivity contribution in [2.45, 2.75) is 31.9 Å². The molecule has 0 saturated carbocycles. The molecule has 0 radical (unpaired) electrons. The fourth-order valence-corrected chi connectivity index (χ4v) is 4.67. The number of hydrogen-bond donors (Lipinski definition) is 1. The van der Waals surface area contributed by atoms with Crippen LogP contribution >= 0.6 is 11.3 Å². The number of methoxy groups -OCH3 is 1. The molecule has 1 aliphatic heterocycles. The average Bonchev–Trinajstić information content (AvgIpc) is 3.25. The molecule has 2 unspecified atom stereocenters. The third-order valence-corrected chi connectivity index (χ3v) is 6.54. The molecule has 31 heavy (non-hydrogen) atoms. The van der Waals surface area contributed by atoms with Gasteiger partial charge in [-0.2, -0.15) is 0 Å². The maximum atomic E-state index is 13.3. The molecule has 2 aromatic rings. The molecule has 1 aliphatic rings. The van der Waals surface area contributed by atoms with E-state index >= 15 is 0 Å². The second-order valence-corrected chi connectivity index (χ2v) is 8.71. The van der Waals surface area contributed by atoms with Gasteiger partial charge in [0.1, 0.15) is 18.2 Å². The van der Waals surface area contributed by atoms with E-state index in [4.69, 9.17) is 9.47 Å². The molecule has 0 saturated heterocycles. The summed E-state index contributed by atoms with van der Waals surface area (Å²) in [5.41, 5.74) is 1.11. The minimum atomic E-state index is -0.480. The Morgan fingerprint density at radius 2 is 2.13 bits per heavy atom. The SMILES string of the molecule is CCC(O)CN(CCOC)CC(=O)N1CCc2sccc2C1COc1ccc(F)cc1. The van der Waals surface area contributed by atoms with Crippen LogP contribution in [0.2, 0.25) is 0 Å². The summed E-state index contributed by atoms with van der Waals surface area (Å²) >= 11 is 1.70. The third-order valence-electron chi connectivity index (χ3n) is 5.55. The minimum Gasteiger partial charge on any atom is -0.491 e. The fourth-order valence-electron chi connectivity index (χ4n) is 3.75. The first-order chi connectivity index (χ1) is 15.0. The minimum absolute atomic E-state index is 0.00367. The summed E-state index contributed by atoms with van der Waals surface area (Å²) in [5.74, 6) is 0.264. The summed E-state index contributed by atoms with van der Waals surface area (Å²) < 4.78 is 24.3. The molecule has 0 spiro atoms. The lowest BCUT2D eigenvalue weighted by atomic mass is 10.0. The second-order valence-electron chi connectivity index (χ2n) is 7.71. The zero-order valence-corrected chi connectivity index (χ0v) is 18.9. The van der Waals surface area contributed by atoms with E-state index < -0.39 is 6.10 Å². The number of aliphatic hydroxyl groups excluding tert-OH is 1. The number of hydrogen-bond acceptors (Lipinski definition) is 6. The highest BCUT2D eigenvalue weighted by Gasteiger charge is 2.33. The van der Waals surface area contributed by atoms with Crippen molar-refractivity contribution in [3.8, 4) is 5.75 Å². The predicted octanol–water partition coefficient (Wildman–Crippen LogP) is 3.11. The molecule has 0 aliphatic carbocycles. The van der Waals surface area contributed by atoms with Crippen molar-refractivity contribution in [1.29, 1.82) is 0 Å². The molecule has 1 N–H and O–H groups in total. The first-order valence-electron chi connectivity index (χ1n) is 10.6. The van der Waals surface area contributed by atoms with E-state index in [0.717, 1.165) is 12.0 Å². The van der Waals surface area contributed by atoms with E-state index in [1.165, 1.54) is 17.0 Å². The van der Waals surface area contributed by atoms with Gasteiger partial charge < -0.3 is 19.5 Å². The molecule has 3 rings (SSSR count). The summed E-state index contributed by atoms with van der Waals surface area (Å²) in [6.07, 6.45) is 0.974. The highest BCUT2D eigenvalue weighted by atomic mass is 32.1. The molecule has 1 amide bonds.